The van der Waals surface area contributed by atoms with Gasteiger partial charge in [0.2, 0.25) is 16.9 Å². The minimum Gasteiger partial charge on any atom is -0.324 e. The Balaban J connectivity index is 0.000000181. The minimum atomic E-state index is -3.14. The SMILES string of the molecule is [2H]c1nc(=Nc2c([2H])c(C(=O)Nc3cc(C)cc(-n4c([2H])cc(C)c4[2H])c3)c([2H])c([2H])c2C([2H])([2H])[2H])[nH]c(-c2c([2H])nc([2H])c([2H])c2[2H])c1[2H].[2H]c1nc(=Nc2c([2H])c(C(=O)Nc3cc(C)cc(-n4c([2H])cc(C)c4[2H])c3)c([2H])c([2H])c2C)[nH]c(-c2c([2H])nc([2H])c([2H])c2[2H])c1[2H].[2H]c1nc(=Nc2c([2H])c(C(=O)Nc3cc(C)cc(-n4c([2H])nc(C)c4[2H])c3)c([2H])c([2H])c2C)[nH]c(-c2c([2H])nc([2H])c([2H])c2[2H])c1[2H]. The van der Waals surface area contributed by atoms with Crippen LogP contribution in [0.4, 0.5) is 34.1 Å². The van der Waals surface area contributed by atoms with Gasteiger partial charge in [0, 0.05) is 158 Å². The highest BCUT2D eigenvalue weighted by Crippen LogP contribution is 2.28. The third kappa shape index (κ3) is 18.5. The van der Waals surface area contributed by atoms with Crippen molar-refractivity contribution in [2.45, 2.75) is 62.2 Å². The Bertz CT molecular complexity index is 7920. The summed E-state index contributed by atoms with van der Waals surface area (Å²) in [6.45, 7) is 9.85. The number of aromatic nitrogens is 13. The molecule has 0 fully saturated rings. The molecule has 6 aromatic carbocycles. The molecule has 108 heavy (non-hydrogen) atoms. The van der Waals surface area contributed by atoms with Crippen LogP contribution in [0.25, 0.3) is 50.8 Å². The van der Waals surface area contributed by atoms with Gasteiger partial charge in [-0.05, 0) is 264 Å². The molecule has 0 atom stereocenters. The monoisotopic (exact) mass is 1460 g/mol. The topological polar surface area (TPSA) is 277 Å². The van der Waals surface area contributed by atoms with E-state index in [9.17, 15) is 14.4 Å². The maximum absolute atomic E-state index is 13.7. The number of aryl methyl sites for hydroxylation is 6. The van der Waals surface area contributed by atoms with E-state index in [1.807, 2.05) is 0 Å². The van der Waals surface area contributed by atoms with Crippen LogP contribution in [0.2, 0.25) is 0 Å². The van der Waals surface area contributed by atoms with Crippen molar-refractivity contribution < 1.29 is 63.7 Å². The summed E-state index contributed by atoms with van der Waals surface area (Å²) in [6.07, 6.45) is -5.74. The first-order chi connectivity index (χ1) is 67.2. The molecule has 22 heteroatoms. The number of rotatable bonds is 15. The summed E-state index contributed by atoms with van der Waals surface area (Å²) in [4.78, 5) is 87.5. The van der Waals surface area contributed by atoms with E-state index in [1.54, 1.807) is 90.1 Å². The predicted molar refractivity (Wildman–Crippen MR) is 422 cm³/mol. The van der Waals surface area contributed by atoms with Gasteiger partial charge in [0.15, 0.2) is 0 Å². The van der Waals surface area contributed by atoms with Crippen LogP contribution in [0.1, 0.15) is 131 Å². The minimum absolute atomic E-state index is 0.00559. The molecule has 0 saturated carbocycles. The number of carbonyl (C=O) groups is 3. The van der Waals surface area contributed by atoms with Crippen LogP contribution in [0, 0.1) is 62.2 Å². The molecule has 0 saturated heterocycles. The lowest BCUT2D eigenvalue weighted by atomic mass is 10.1. The van der Waals surface area contributed by atoms with Gasteiger partial charge in [-0.25, -0.2) is 34.9 Å². The number of nitrogens with zero attached hydrogens (tertiary/aromatic N) is 13. The van der Waals surface area contributed by atoms with Crippen molar-refractivity contribution in [2.75, 3.05) is 16.0 Å². The van der Waals surface area contributed by atoms with E-state index in [0.29, 0.717) is 50.6 Å². The third-order valence-corrected chi connectivity index (χ3v) is 14.7. The first kappa shape index (κ1) is 40.0. The van der Waals surface area contributed by atoms with Crippen molar-refractivity contribution in [1.82, 2.24) is 63.5 Å². The maximum Gasteiger partial charge on any atom is 0.255 e. The highest BCUT2D eigenvalue weighted by Gasteiger charge is 2.16. The fraction of sp³-hybridized carbons (Fsp3) is 0.105. The number of pyridine rings is 3. The fourth-order valence-corrected chi connectivity index (χ4v) is 9.80. The number of benzene rings is 6. The molecule has 15 rings (SSSR count). The number of anilines is 3. The molecule has 9 heterocycles. The summed E-state index contributed by atoms with van der Waals surface area (Å²) >= 11 is 0. The quantitative estimate of drug-likeness (QED) is 0.0564. The van der Waals surface area contributed by atoms with E-state index >= 15 is 0 Å². The number of imidazole rings is 1. The second kappa shape index (κ2) is 32.9. The Morgan fingerprint density at radius 1 is 0.398 bits per heavy atom. The average Bonchev–Trinajstić information content (AvgIpc) is 1.04. The summed E-state index contributed by atoms with van der Waals surface area (Å²) in [5.41, 5.74) is -2.12. The van der Waals surface area contributed by atoms with Crippen LogP contribution in [-0.2, 0) is 0 Å². The summed E-state index contributed by atoms with van der Waals surface area (Å²) in [6, 6.07) is 6.26. The molecule has 3 amide bonds. The van der Waals surface area contributed by atoms with E-state index in [2.05, 4.69) is 80.8 Å². The molecule has 15 aromatic rings. The Morgan fingerprint density at radius 3 is 1.10 bits per heavy atom. The molecule has 9 aromatic heterocycles. The maximum atomic E-state index is 13.7. The molecule has 0 radical (unpaired) electrons. The van der Waals surface area contributed by atoms with Gasteiger partial charge in [-0.2, -0.15) is 0 Å². The van der Waals surface area contributed by atoms with Crippen molar-refractivity contribution in [3.63, 3.8) is 0 Å². The average molecular weight is 1460 g/mol. The van der Waals surface area contributed by atoms with Gasteiger partial charge in [0.25, 0.3) is 17.7 Å². The summed E-state index contributed by atoms with van der Waals surface area (Å²) < 4.78 is 301. The van der Waals surface area contributed by atoms with Gasteiger partial charge in [-0.15, -0.1) is 0 Å². The molecule has 0 bridgehead atoms. The first-order valence-electron chi connectivity index (χ1n) is 49.9. The molecular weight excluding hydrogens is 1350 g/mol. The normalized spacial score (nSPS) is 16.3. The van der Waals surface area contributed by atoms with Gasteiger partial charge >= 0.3 is 0 Å². The fourth-order valence-electron chi connectivity index (χ4n) is 9.80. The van der Waals surface area contributed by atoms with Crippen molar-refractivity contribution in [1.29, 1.82) is 0 Å². The summed E-state index contributed by atoms with van der Waals surface area (Å²) in [7, 11) is 0. The van der Waals surface area contributed by atoms with Crippen LogP contribution >= 0.6 is 0 Å². The number of amides is 3. The van der Waals surface area contributed by atoms with Crippen LogP contribution < -0.4 is 32.8 Å². The van der Waals surface area contributed by atoms with E-state index in [-0.39, 0.29) is 105 Å². The van der Waals surface area contributed by atoms with Crippen molar-refractivity contribution >= 4 is 51.8 Å². The van der Waals surface area contributed by atoms with Crippen molar-refractivity contribution in [3.05, 3.63) is 352 Å². The van der Waals surface area contributed by atoms with Gasteiger partial charge in [0.05, 0.1) is 90.0 Å². The highest BCUT2D eigenvalue weighted by atomic mass is 16.2. The number of aromatic amines is 3. The second-order valence-electron chi connectivity index (χ2n) is 23.2. The zero-order valence-electron chi connectivity index (χ0n) is 93.9. The van der Waals surface area contributed by atoms with Crippen LogP contribution in [-0.4, -0.2) is 81.3 Å². The van der Waals surface area contributed by atoms with Gasteiger partial charge in [0.1, 0.15) is 1.37 Å². The number of hydrogen-bond donors (Lipinski definition) is 6. The van der Waals surface area contributed by atoms with Gasteiger partial charge in [-0.1, -0.05) is 18.1 Å². The Labute approximate surface area is 673 Å². The van der Waals surface area contributed by atoms with Gasteiger partial charge in [-0.3, -0.25) is 29.3 Å². The summed E-state index contributed by atoms with van der Waals surface area (Å²) in [5.74, 6) is -2.89. The number of carbonyl (C=O) groups excluding carboxylic acids is 3. The van der Waals surface area contributed by atoms with Crippen LogP contribution in [0.15, 0.2) is 283 Å². The molecule has 22 nitrogen and oxygen atoms in total. The molecule has 0 spiro atoms. The lowest BCUT2D eigenvalue weighted by molar-refractivity contribution is 0.101. The predicted octanol–water partition coefficient (Wildman–Crippen LogP) is 16.4. The zero-order chi connectivity index (χ0) is 106. The second-order valence-corrected chi connectivity index (χ2v) is 23.2. The number of hydrogen-bond acceptors (Lipinski definition) is 13. The van der Waals surface area contributed by atoms with Gasteiger partial charge < -0.3 is 44.6 Å². The van der Waals surface area contributed by atoms with Crippen LogP contribution in [0.5, 0.6) is 0 Å². The zero-order valence-corrected chi connectivity index (χ0v) is 57.9. The largest absolute Gasteiger partial charge is 0.324 e. The Kier molecular flexibility index (Phi) is 12.2. The lowest BCUT2D eigenvalue weighted by Crippen LogP contribution is -2.14. The van der Waals surface area contributed by atoms with E-state index in [4.69, 9.17) is 49.3 Å². The third-order valence-electron chi connectivity index (χ3n) is 14.7. The van der Waals surface area contributed by atoms with E-state index in [0.717, 1.165) is 0 Å². The molecule has 0 unspecified atom stereocenters. The standard InChI is InChI=1S/2C29H26N6O.C28H25N7O/c2*1-19-9-12-35(18-19)25-14-20(2)13-24(16-25)32-28(36)22-7-6-21(3)27(15-22)34-29-31-11-8-26(33-29)23-5-4-10-30-17-23;1-18-11-23(14-24(12-18)35-16-20(3)31-17-35)32-27(36)21-7-6-19(2)26(13-21)34-28-30-10-8-25(33-28)22-5-4-9-29-15-22/h2*4-18H,1-3H3,(H,32,36)(H,31,33,34);4-17H,1-3H3,(H,32,36)(H,30,33,34)/i3D3,4D,5D,6D,7D,8D,10D,11D,12D,15D,17D,18D;4D,5D,6D,7D,8D,10D,11D,12D,15D,17D,18D;4D,5D,6D,7D,8D,9D,10D,13D,15D,16D,17D. The molecule has 0 aliphatic carbocycles. The number of H-pyrrole nitrogens is 3. The van der Waals surface area contributed by atoms with Crippen molar-refractivity contribution in [3.8, 4) is 50.8 Å². The van der Waals surface area contributed by atoms with Crippen LogP contribution in [0.3, 0.4) is 0 Å². The molecule has 534 valence electrons. The molecular formula is C86H77N19O3. The lowest BCUT2D eigenvalue weighted by Gasteiger charge is -2.11. The smallest absolute Gasteiger partial charge is 0.255 e. The number of nitrogens with one attached hydrogen (secondary N) is 6. The van der Waals surface area contributed by atoms with E-state index in [1.165, 1.54) is 45.7 Å². The summed E-state index contributed by atoms with van der Waals surface area (Å²) in [5, 5.41) is 7.81. The Morgan fingerprint density at radius 2 is 0.759 bits per heavy atom. The Hall–Kier alpha value is -14.4. The first-order valence-corrected chi connectivity index (χ1v) is 31.9. The van der Waals surface area contributed by atoms with Crippen molar-refractivity contribution in [2.24, 2.45) is 15.0 Å². The highest BCUT2D eigenvalue weighted by molar-refractivity contribution is 6.06. The molecule has 0 aliphatic heterocycles. The van der Waals surface area contributed by atoms with E-state index < -0.39 is 239 Å². The molecule has 6 N–H and O–H groups in total. The molecule has 0 aliphatic rings.